The predicted octanol–water partition coefficient (Wildman–Crippen LogP) is 6.62. The molecule has 0 spiro atoms. The Kier molecular flexibility index (Phi) is 5.91. The van der Waals surface area contributed by atoms with Gasteiger partial charge >= 0.3 is 5.97 Å². The number of esters is 1. The molecule has 4 saturated carbocycles. The Labute approximate surface area is 229 Å². The van der Waals surface area contributed by atoms with Gasteiger partial charge in [-0.15, -0.1) is 0 Å². The van der Waals surface area contributed by atoms with Gasteiger partial charge in [0.05, 0.1) is 24.8 Å². The Morgan fingerprint density at radius 1 is 1.08 bits per heavy atom. The van der Waals surface area contributed by atoms with Crippen LogP contribution in [0.2, 0.25) is 0 Å². The molecule has 4 fully saturated rings. The molecular formula is C33H50N2O3. The van der Waals surface area contributed by atoms with Crippen molar-refractivity contribution in [3.05, 3.63) is 29.6 Å². The van der Waals surface area contributed by atoms with Crippen LogP contribution < -0.4 is 0 Å². The normalized spacial score (nSPS) is 49.2. The van der Waals surface area contributed by atoms with Crippen LogP contribution in [0.15, 0.2) is 18.3 Å². The van der Waals surface area contributed by atoms with Crippen LogP contribution in [-0.2, 0) is 21.4 Å². The lowest BCUT2D eigenvalue weighted by molar-refractivity contribution is -0.230. The molecule has 0 aromatic carbocycles. The molecule has 0 radical (unpaired) electrons. The number of aliphatic hydroxyl groups is 1. The first kappa shape index (κ1) is 26.6. The van der Waals surface area contributed by atoms with E-state index in [1.807, 2.05) is 13.1 Å². The van der Waals surface area contributed by atoms with Gasteiger partial charge in [-0.3, -0.25) is 9.89 Å². The van der Waals surface area contributed by atoms with E-state index >= 15 is 0 Å². The first-order chi connectivity index (χ1) is 17.9. The number of rotatable bonds is 4. The summed E-state index contributed by atoms with van der Waals surface area (Å²) in [6.45, 7) is 19.3. The summed E-state index contributed by atoms with van der Waals surface area (Å²) in [5, 5.41) is 18.5. The molecule has 2 N–H and O–H groups in total. The van der Waals surface area contributed by atoms with Crippen molar-refractivity contribution in [1.82, 2.24) is 10.2 Å². The fourth-order valence-electron chi connectivity index (χ4n) is 12.1. The first-order valence-electron chi connectivity index (χ1n) is 15.4. The van der Waals surface area contributed by atoms with Gasteiger partial charge in [-0.05, 0) is 123 Å². The van der Waals surface area contributed by atoms with Gasteiger partial charge in [-0.25, -0.2) is 0 Å². The number of H-pyrrole nitrogens is 1. The molecule has 0 amide bonds. The summed E-state index contributed by atoms with van der Waals surface area (Å²) >= 11 is 0. The number of ether oxygens (including phenoxy) is 1. The van der Waals surface area contributed by atoms with Crippen molar-refractivity contribution in [3.8, 4) is 0 Å². The number of hydrogen-bond donors (Lipinski definition) is 2. The molecule has 5 nitrogen and oxygen atoms in total. The van der Waals surface area contributed by atoms with Crippen molar-refractivity contribution in [2.75, 3.05) is 13.2 Å². The molecule has 0 unspecified atom stereocenters. The highest BCUT2D eigenvalue weighted by Crippen LogP contribution is 2.77. The highest BCUT2D eigenvalue weighted by atomic mass is 16.5. The molecular weight excluding hydrogens is 472 g/mol. The Hall–Kier alpha value is -1.62. The van der Waals surface area contributed by atoms with Crippen molar-refractivity contribution in [2.24, 2.45) is 51.2 Å². The number of allylic oxidation sites excluding steroid dienone is 1. The third-order valence-corrected chi connectivity index (χ3v) is 14.0. The van der Waals surface area contributed by atoms with Crippen molar-refractivity contribution >= 4 is 5.97 Å². The first-order valence-corrected chi connectivity index (χ1v) is 15.4. The molecule has 5 aliphatic carbocycles. The van der Waals surface area contributed by atoms with E-state index in [4.69, 9.17) is 4.74 Å². The molecule has 1 aromatic rings. The third kappa shape index (κ3) is 3.03. The number of aromatic amines is 1. The van der Waals surface area contributed by atoms with Crippen LogP contribution in [0.4, 0.5) is 0 Å². The van der Waals surface area contributed by atoms with Crippen LogP contribution in [0.25, 0.3) is 0 Å². The standard InChI is InChI=1S/C33H50N2O3/c1-8-38-28(37)33-14-11-22(20(2)3)26(33)23-9-10-25-29(4)17-21-18-34-35-27(21)30(5,19-36)24(29)12-13-32(25,7)31(23,6)15-16-33/h18,22-26,36H,2,8-17,19H2,1,3-7H3,(H,34,35)/t22-,23+,24+,25+,26+,29-,30-,31+,32+,33-/m0/s1. The van der Waals surface area contributed by atoms with Crippen LogP contribution >= 0.6 is 0 Å². The van der Waals surface area contributed by atoms with Gasteiger partial charge in [0.15, 0.2) is 0 Å². The number of carbonyl (C=O) groups is 1. The van der Waals surface area contributed by atoms with Gasteiger partial charge in [0.25, 0.3) is 0 Å². The largest absolute Gasteiger partial charge is 0.466 e. The van der Waals surface area contributed by atoms with E-state index in [0.29, 0.717) is 36.2 Å². The van der Waals surface area contributed by atoms with Gasteiger partial charge in [0.1, 0.15) is 0 Å². The number of nitrogens with one attached hydrogen (secondary N) is 1. The highest BCUT2D eigenvalue weighted by Gasteiger charge is 2.72. The summed E-state index contributed by atoms with van der Waals surface area (Å²) in [4.78, 5) is 13.7. The summed E-state index contributed by atoms with van der Waals surface area (Å²) in [7, 11) is 0. The maximum atomic E-state index is 13.7. The van der Waals surface area contributed by atoms with Crippen molar-refractivity contribution in [2.45, 2.75) is 105 Å². The number of aromatic nitrogens is 2. The number of nitrogens with zero attached hydrogens (tertiary/aromatic N) is 1. The van der Waals surface area contributed by atoms with Crippen LogP contribution in [-0.4, -0.2) is 34.5 Å². The number of fused-ring (bicyclic) bond motifs is 8. The minimum Gasteiger partial charge on any atom is -0.466 e. The molecule has 38 heavy (non-hydrogen) atoms. The molecule has 210 valence electrons. The molecule has 0 aliphatic heterocycles. The van der Waals surface area contributed by atoms with E-state index in [0.717, 1.165) is 44.2 Å². The van der Waals surface area contributed by atoms with Crippen LogP contribution in [0.1, 0.15) is 104 Å². The predicted molar refractivity (Wildman–Crippen MR) is 149 cm³/mol. The maximum Gasteiger partial charge on any atom is 0.312 e. The van der Waals surface area contributed by atoms with E-state index in [1.165, 1.54) is 30.4 Å². The number of carbonyl (C=O) groups excluding carboxylic acids is 1. The van der Waals surface area contributed by atoms with Crippen LogP contribution in [0.5, 0.6) is 0 Å². The summed E-state index contributed by atoms with van der Waals surface area (Å²) < 4.78 is 5.80. The minimum atomic E-state index is -0.333. The lowest BCUT2D eigenvalue weighted by atomic mass is 9.32. The second-order valence-electron chi connectivity index (χ2n) is 15.1. The summed E-state index contributed by atoms with van der Waals surface area (Å²) in [5.41, 5.74) is 3.61. The zero-order valence-corrected chi connectivity index (χ0v) is 24.7. The highest BCUT2D eigenvalue weighted by molar-refractivity contribution is 5.78. The minimum absolute atomic E-state index is 0.0669. The summed E-state index contributed by atoms with van der Waals surface area (Å²) in [6.07, 6.45) is 11.9. The Morgan fingerprint density at radius 3 is 2.53 bits per heavy atom. The molecule has 6 rings (SSSR count). The molecule has 0 bridgehead atoms. The second-order valence-corrected chi connectivity index (χ2v) is 15.1. The van der Waals surface area contributed by atoms with Gasteiger partial charge < -0.3 is 9.84 Å². The summed E-state index contributed by atoms with van der Waals surface area (Å²) in [6, 6.07) is 0. The van der Waals surface area contributed by atoms with Crippen LogP contribution in [0, 0.1) is 51.2 Å². The Morgan fingerprint density at radius 2 is 1.84 bits per heavy atom. The van der Waals surface area contributed by atoms with Gasteiger partial charge in [0, 0.05) is 11.1 Å². The smallest absolute Gasteiger partial charge is 0.312 e. The lowest BCUT2D eigenvalue weighted by Gasteiger charge is -2.72. The van der Waals surface area contributed by atoms with E-state index in [1.54, 1.807) is 0 Å². The average Bonchev–Trinajstić information content (AvgIpc) is 3.50. The number of aliphatic hydroxyl groups excluding tert-OH is 1. The van der Waals surface area contributed by atoms with Crippen LogP contribution in [0.3, 0.4) is 0 Å². The Balaban J connectivity index is 1.42. The molecule has 10 atom stereocenters. The van der Waals surface area contributed by atoms with Gasteiger partial charge in [0.2, 0.25) is 0 Å². The SMILES string of the molecule is C=C(C)[C@@H]1CC[C@]2(C(=O)OCC)CC[C@]3(C)[C@H](CC[C@@H]4[C@@]5(C)Cc6cn[nH]c6[C@@](C)(CO)[C@@H]5CC[C@]43C)[C@@H]12. The Bertz CT molecular complexity index is 1140. The van der Waals surface area contributed by atoms with E-state index in [9.17, 15) is 9.90 Å². The fraction of sp³-hybridized carbons (Fsp3) is 0.818. The van der Waals surface area contributed by atoms with E-state index < -0.39 is 0 Å². The monoisotopic (exact) mass is 522 g/mol. The van der Waals surface area contributed by atoms with Crippen molar-refractivity contribution in [3.63, 3.8) is 0 Å². The topological polar surface area (TPSA) is 75.2 Å². The van der Waals surface area contributed by atoms with Crippen molar-refractivity contribution < 1.29 is 14.6 Å². The number of hydrogen-bond acceptors (Lipinski definition) is 4. The molecule has 5 heteroatoms. The second kappa shape index (κ2) is 8.44. The quantitative estimate of drug-likeness (QED) is 0.344. The van der Waals surface area contributed by atoms with Gasteiger partial charge in [-0.2, -0.15) is 5.10 Å². The van der Waals surface area contributed by atoms with Crippen molar-refractivity contribution in [1.29, 1.82) is 0 Å². The zero-order valence-electron chi connectivity index (χ0n) is 24.7. The van der Waals surface area contributed by atoms with E-state index in [-0.39, 0.29) is 39.7 Å². The average molecular weight is 523 g/mol. The lowest BCUT2D eigenvalue weighted by Crippen LogP contribution is -2.67. The maximum absolute atomic E-state index is 13.7. The fourth-order valence-corrected chi connectivity index (χ4v) is 12.1. The van der Waals surface area contributed by atoms with E-state index in [2.05, 4.69) is 51.4 Å². The molecule has 1 aromatic heterocycles. The summed E-state index contributed by atoms with van der Waals surface area (Å²) in [5.74, 6) is 2.36. The molecule has 0 saturated heterocycles. The molecule has 1 heterocycles. The third-order valence-electron chi connectivity index (χ3n) is 14.0. The zero-order chi connectivity index (χ0) is 27.3. The molecule has 5 aliphatic rings. The van der Waals surface area contributed by atoms with Gasteiger partial charge in [-0.1, -0.05) is 39.8 Å².